The molecule has 4 nitrogen and oxygen atoms in total. The predicted molar refractivity (Wildman–Crippen MR) is 132 cm³/mol. The zero-order valence-corrected chi connectivity index (χ0v) is 18.4. The van der Waals surface area contributed by atoms with Gasteiger partial charge in [-0.15, -0.1) is 0 Å². The van der Waals surface area contributed by atoms with Crippen LogP contribution in [0.15, 0.2) is 79.0 Å². The Hall–Kier alpha value is -3.66. The van der Waals surface area contributed by atoms with Crippen molar-refractivity contribution in [2.24, 2.45) is 0 Å². The number of ether oxygens (including phenoxy) is 2. The Bertz CT molecular complexity index is 1320. The first-order valence-corrected chi connectivity index (χ1v) is 11.3. The lowest BCUT2D eigenvalue weighted by Crippen LogP contribution is -2.06. The van der Waals surface area contributed by atoms with E-state index in [4.69, 9.17) is 9.47 Å². The van der Waals surface area contributed by atoms with Crippen LogP contribution in [-0.2, 0) is 6.42 Å². The largest absolute Gasteiger partial charge is 0.493 e. The zero-order chi connectivity index (χ0) is 21.8. The van der Waals surface area contributed by atoms with Crippen molar-refractivity contribution in [2.75, 3.05) is 13.2 Å². The summed E-state index contributed by atoms with van der Waals surface area (Å²) in [5.41, 5.74) is 5.87. The van der Waals surface area contributed by atoms with Crippen LogP contribution in [0.5, 0.6) is 11.5 Å². The van der Waals surface area contributed by atoms with E-state index in [-0.39, 0.29) is 0 Å². The SMILES string of the molecule is CCCc1c(OCCCOc2cccc3[nH]ccc23)ccc2cc(-c3ccccc3)[nH]c12. The molecule has 2 N–H and O–H groups in total. The molecule has 4 heteroatoms. The molecule has 2 aromatic heterocycles. The first kappa shape index (κ1) is 20.3. The number of hydrogen-bond donors (Lipinski definition) is 2. The van der Waals surface area contributed by atoms with Crippen molar-refractivity contribution in [3.63, 3.8) is 0 Å². The molecule has 0 spiro atoms. The minimum atomic E-state index is 0.621. The summed E-state index contributed by atoms with van der Waals surface area (Å²) in [4.78, 5) is 6.86. The Kier molecular flexibility index (Phi) is 5.84. The fourth-order valence-electron chi connectivity index (χ4n) is 4.25. The van der Waals surface area contributed by atoms with Crippen molar-refractivity contribution in [1.29, 1.82) is 0 Å². The first-order valence-electron chi connectivity index (χ1n) is 11.3. The van der Waals surface area contributed by atoms with Gasteiger partial charge in [0.15, 0.2) is 0 Å². The Morgan fingerprint density at radius 3 is 2.50 bits per heavy atom. The lowest BCUT2D eigenvalue weighted by molar-refractivity contribution is 0.248. The van der Waals surface area contributed by atoms with Crippen LogP contribution in [0, 0.1) is 0 Å². The second kappa shape index (κ2) is 9.23. The number of rotatable bonds is 9. The molecule has 0 radical (unpaired) electrons. The van der Waals surface area contributed by atoms with Gasteiger partial charge in [-0.2, -0.15) is 0 Å². The molecule has 0 fully saturated rings. The highest BCUT2D eigenvalue weighted by Gasteiger charge is 2.12. The molecule has 2 heterocycles. The number of aromatic amines is 2. The van der Waals surface area contributed by atoms with E-state index in [1.54, 1.807) is 0 Å². The van der Waals surface area contributed by atoms with Crippen LogP contribution in [0.25, 0.3) is 33.1 Å². The highest BCUT2D eigenvalue weighted by Crippen LogP contribution is 2.32. The molecule has 5 aromatic rings. The summed E-state index contributed by atoms with van der Waals surface area (Å²) < 4.78 is 12.2. The summed E-state index contributed by atoms with van der Waals surface area (Å²) >= 11 is 0. The monoisotopic (exact) mass is 424 g/mol. The Morgan fingerprint density at radius 1 is 0.812 bits per heavy atom. The van der Waals surface area contributed by atoms with Gasteiger partial charge in [-0.25, -0.2) is 0 Å². The maximum atomic E-state index is 6.22. The molecule has 5 rings (SSSR count). The molecule has 0 saturated carbocycles. The molecule has 0 atom stereocenters. The van der Waals surface area contributed by atoms with E-state index in [1.165, 1.54) is 22.0 Å². The van der Waals surface area contributed by atoms with Gasteiger partial charge in [0.2, 0.25) is 0 Å². The summed E-state index contributed by atoms with van der Waals surface area (Å²) in [7, 11) is 0. The molecule has 0 amide bonds. The van der Waals surface area contributed by atoms with Crippen molar-refractivity contribution in [1.82, 2.24) is 9.97 Å². The van der Waals surface area contributed by atoms with Crippen LogP contribution in [0.1, 0.15) is 25.3 Å². The van der Waals surface area contributed by atoms with Crippen LogP contribution in [0.2, 0.25) is 0 Å². The highest BCUT2D eigenvalue weighted by atomic mass is 16.5. The Morgan fingerprint density at radius 2 is 1.66 bits per heavy atom. The van der Waals surface area contributed by atoms with E-state index in [1.807, 2.05) is 30.5 Å². The smallest absolute Gasteiger partial charge is 0.128 e. The number of fused-ring (bicyclic) bond motifs is 2. The average molecular weight is 425 g/mol. The van der Waals surface area contributed by atoms with Gasteiger partial charge in [0.05, 0.1) is 18.7 Å². The van der Waals surface area contributed by atoms with Crippen molar-refractivity contribution in [2.45, 2.75) is 26.2 Å². The van der Waals surface area contributed by atoms with E-state index >= 15 is 0 Å². The summed E-state index contributed by atoms with van der Waals surface area (Å²) in [5.74, 6) is 1.88. The van der Waals surface area contributed by atoms with Gasteiger partial charge in [-0.05, 0) is 48.4 Å². The molecule has 0 aliphatic carbocycles. The molecule has 0 aliphatic heterocycles. The van der Waals surface area contributed by atoms with Crippen molar-refractivity contribution in [3.05, 3.63) is 84.6 Å². The van der Waals surface area contributed by atoms with Gasteiger partial charge in [0.1, 0.15) is 11.5 Å². The van der Waals surface area contributed by atoms with Crippen LogP contribution in [-0.4, -0.2) is 23.2 Å². The van der Waals surface area contributed by atoms with Gasteiger partial charge in [0, 0.05) is 40.2 Å². The molecule has 0 aliphatic rings. The Labute approximate surface area is 188 Å². The maximum Gasteiger partial charge on any atom is 0.128 e. The number of hydrogen-bond acceptors (Lipinski definition) is 2. The Balaban J connectivity index is 1.27. The topological polar surface area (TPSA) is 50.0 Å². The van der Waals surface area contributed by atoms with E-state index in [0.717, 1.165) is 47.4 Å². The van der Waals surface area contributed by atoms with Gasteiger partial charge in [0.25, 0.3) is 0 Å². The standard InChI is InChI=1S/C28H28N2O2/c1-2-8-23-27(14-13-21-19-25(30-28(21)23)20-9-4-3-5-10-20)32-18-7-17-31-26-12-6-11-24-22(26)15-16-29-24/h3-6,9-16,19,29-30H,2,7-8,17-18H2,1H3. The summed E-state index contributed by atoms with van der Waals surface area (Å²) in [6, 6.07) is 25.1. The molecular formula is C28H28N2O2. The molecule has 32 heavy (non-hydrogen) atoms. The van der Waals surface area contributed by atoms with E-state index < -0.39 is 0 Å². The number of benzene rings is 3. The van der Waals surface area contributed by atoms with Crippen LogP contribution in [0.3, 0.4) is 0 Å². The normalized spacial score (nSPS) is 11.3. The number of aromatic nitrogens is 2. The number of nitrogens with one attached hydrogen (secondary N) is 2. The second-order valence-corrected chi connectivity index (χ2v) is 8.05. The quantitative estimate of drug-likeness (QED) is 0.248. The third kappa shape index (κ3) is 4.09. The zero-order valence-electron chi connectivity index (χ0n) is 18.4. The van der Waals surface area contributed by atoms with Crippen LogP contribution < -0.4 is 9.47 Å². The van der Waals surface area contributed by atoms with Crippen LogP contribution >= 0.6 is 0 Å². The lowest BCUT2D eigenvalue weighted by Gasteiger charge is -2.13. The predicted octanol–water partition coefficient (Wildman–Crippen LogP) is 7.12. The molecular weight excluding hydrogens is 396 g/mol. The molecule has 0 saturated heterocycles. The van der Waals surface area contributed by atoms with Gasteiger partial charge >= 0.3 is 0 Å². The first-order chi connectivity index (χ1) is 15.8. The highest BCUT2D eigenvalue weighted by molar-refractivity contribution is 5.90. The summed E-state index contributed by atoms with van der Waals surface area (Å²) in [6.45, 7) is 3.45. The third-order valence-corrected chi connectivity index (χ3v) is 5.81. The minimum absolute atomic E-state index is 0.621. The fraction of sp³-hybridized carbons (Fsp3) is 0.214. The van der Waals surface area contributed by atoms with Crippen molar-refractivity contribution in [3.8, 4) is 22.8 Å². The van der Waals surface area contributed by atoms with Crippen molar-refractivity contribution >= 4 is 21.8 Å². The summed E-state index contributed by atoms with van der Waals surface area (Å²) in [5, 5.41) is 2.34. The van der Waals surface area contributed by atoms with Crippen LogP contribution in [0.4, 0.5) is 0 Å². The minimum Gasteiger partial charge on any atom is -0.493 e. The molecule has 162 valence electrons. The lowest BCUT2D eigenvalue weighted by atomic mass is 10.1. The fourth-order valence-corrected chi connectivity index (χ4v) is 4.25. The number of aryl methyl sites for hydroxylation is 1. The summed E-state index contributed by atoms with van der Waals surface area (Å²) in [6.07, 6.45) is 4.81. The third-order valence-electron chi connectivity index (χ3n) is 5.81. The van der Waals surface area contributed by atoms with E-state index in [2.05, 4.69) is 65.4 Å². The molecule has 0 bridgehead atoms. The van der Waals surface area contributed by atoms with Gasteiger partial charge < -0.3 is 19.4 Å². The maximum absolute atomic E-state index is 6.22. The van der Waals surface area contributed by atoms with E-state index in [9.17, 15) is 0 Å². The second-order valence-electron chi connectivity index (χ2n) is 8.05. The molecule has 3 aromatic carbocycles. The van der Waals surface area contributed by atoms with E-state index in [0.29, 0.717) is 13.2 Å². The average Bonchev–Trinajstić information content (AvgIpc) is 3.48. The van der Waals surface area contributed by atoms with Gasteiger partial charge in [-0.1, -0.05) is 49.7 Å². The van der Waals surface area contributed by atoms with Crippen molar-refractivity contribution < 1.29 is 9.47 Å². The van der Waals surface area contributed by atoms with Gasteiger partial charge in [-0.3, -0.25) is 0 Å². The number of H-pyrrole nitrogens is 2. The molecule has 0 unspecified atom stereocenters.